The summed E-state index contributed by atoms with van der Waals surface area (Å²) in [5.74, 6) is -0.511. The van der Waals surface area contributed by atoms with Crippen LogP contribution in [0.2, 0.25) is 0 Å². The van der Waals surface area contributed by atoms with Crippen LogP contribution in [-0.2, 0) is 9.59 Å². The number of aliphatic carboxylic acids is 1. The summed E-state index contributed by atoms with van der Waals surface area (Å²) >= 11 is 1.53. The van der Waals surface area contributed by atoms with Crippen molar-refractivity contribution in [2.24, 2.45) is 0 Å². The Balaban J connectivity index is 1.42. The molecule has 2 heterocycles. The van der Waals surface area contributed by atoms with Crippen LogP contribution in [-0.4, -0.2) is 44.8 Å². The van der Waals surface area contributed by atoms with Gasteiger partial charge in [0.15, 0.2) is 5.78 Å². The predicted octanol–water partition coefficient (Wildman–Crippen LogP) is 4.96. The maximum atomic E-state index is 13.3. The molecule has 4 aromatic rings. The van der Waals surface area contributed by atoms with Crippen LogP contribution >= 0.6 is 11.8 Å². The molecule has 0 aliphatic carbocycles. The van der Waals surface area contributed by atoms with Crippen molar-refractivity contribution < 1.29 is 24.1 Å². The third kappa shape index (κ3) is 5.78. The number of allylic oxidation sites excluding steroid dienone is 1. The zero-order valence-electron chi connectivity index (χ0n) is 22.9. The minimum absolute atomic E-state index is 0.0975. The number of hydrogen-bond acceptors (Lipinski definition) is 6. The second-order valence-corrected chi connectivity index (χ2v) is 10.5. The summed E-state index contributed by atoms with van der Waals surface area (Å²) in [5, 5.41) is 18.3. The summed E-state index contributed by atoms with van der Waals surface area (Å²) in [6, 6.07) is 23.4. The Kier molecular flexibility index (Phi) is 8.02. The molecule has 1 aromatic heterocycles. The molecule has 3 aromatic carbocycles. The molecule has 1 aliphatic heterocycles. The minimum Gasteiger partial charge on any atom is -0.480 e. The van der Waals surface area contributed by atoms with Gasteiger partial charge in [0.05, 0.1) is 5.10 Å². The Bertz CT molecular complexity index is 1660. The van der Waals surface area contributed by atoms with Crippen molar-refractivity contribution in [1.29, 1.82) is 0 Å². The highest BCUT2D eigenvalue weighted by atomic mass is 32.2. The molecule has 1 aliphatic rings. The Morgan fingerprint density at radius 1 is 1.00 bits per heavy atom. The highest BCUT2D eigenvalue weighted by molar-refractivity contribution is 7.98. The minimum atomic E-state index is -0.983. The number of thioether (sulfide) groups is 1. The van der Waals surface area contributed by atoms with Gasteiger partial charge in [-0.2, -0.15) is 4.57 Å². The highest BCUT2D eigenvalue weighted by Crippen LogP contribution is 2.29. The number of hydrogen-bond donors (Lipinski definition) is 2. The number of amides is 1. The van der Waals surface area contributed by atoms with Gasteiger partial charge in [0.2, 0.25) is 5.82 Å². The number of anilines is 2. The summed E-state index contributed by atoms with van der Waals surface area (Å²) in [6.45, 7) is 3.46. The maximum absolute atomic E-state index is 13.3. The molecule has 1 unspecified atom stereocenters. The number of nitrogens with one attached hydrogen (secondary N) is 1. The third-order valence-corrected chi connectivity index (χ3v) is 7.64. The third-order valence-electron chi connectivity index (χ3n) is 7.01. The molecule has 2 N–H and O–H groups in total. The summed E-state index contributed by atoms with van der Waals surface area (Å²) in [6.07, 6.45) is 4.26. The van der Waals surface area contributed by atoms with Crippen LogP contribution < -0.4 is 14.8 Å². The molecule has 9 nitrogen and oxygen atoms in total. The average molecular weight is 569 g/mol. The number of aromatic nitrogens is 3. The Morgan fingerprint density at radius 3 is 2.44 bits per heavy atom. The monoisotopic (exact) mass is 568 g/mol. The summed E-state index contributed by atoms with van der Waals surface area (Å²) in [7, 11) is 0. The number of para-hydroxylation sites is 1. The number of carbonyl (C=O) groups is 3. The molecule has 1 atom stereocenters. The van der Waals surface area contributed by atoms with E-state index in [9.17, 15) is 19.5 Å². The largest absolute Gasteiger partial charge is 0.480 e. The fraction of sp³-hybridized carbons (Fsp3) is 0.194. The number of carbonyl (C=O) groups excluding carboxylic acids is 2. The Hall–Kier alpha value is -4.70. The van der Waals surface area contributed by atoms with Gasteiger partial charge in [0.1, 0.15) is 17.4 Å². The van der Waals surface area contributed by atoms with Crippen molar-refractivity contribution in [3.8, 4) is 11.4 Å². The Labute approximate surface area is 242 Å². The van der Waals surface area contributed by atoms with E-state index < -0.39 is 12.0 Å². The number of Topliss-reactive ketones (excluding diaryl/α,β-unsaturated/α-hetero) is 1. The van der Waals surface area contributed by atoms with Crippen LogP contribution in [0.1, 0.15) is 35.9 Å². The van der Waals surface area contributed by atoms with E-state index in [1.165, 1.54) is 18.7 Å². The Morgan fingerprint density at radius 2 is 1.73 bits per heavy atom. The average Bonchev–Trinajstić information content (AvgIpc) is 3.33. The molecular formula is C31H30N5O4S+. The second-order valence-electron chi connectivity index (χ2n) is 9.68. The maximum Gasteiger partial charge on any atom is 0.342 e. The molecule has 1 amide bonds. The molecule has 0 spiro atoms. The molecule has 0 saturated heterocycles. The van der Waals surface area contributed by atoms with E-state index in [-0.39, 0.29) is 11.7 Å². The lowest BCUT2D eigenvalue weighted by Crippen LogP contribution is -2.41. The molecule has 0 radical (unpaired) electrons. The van der Waals surface area contributed by atoms with Gasteiger partial charge < -0.3 is 15.3 Å². The van der Waals surface area contributed by atoms with Crippen molar-refractivity contribution in [3.05, 3.63) is 102 Å². The lowest BCUT2D eigenvalue weighted by molar-refractivity contribution is -0.643. The van der Waals surface area contributed by atoms with Gasteiger partial charge in [-0.05, 0) is 68.5 Å². The number of benzene rings is 3. The van der Waals surface area contributed by atoms with E-state index in [2.05, 4.69) is 5.32 Å². The standard InChI is InChI=1S/C31H29N5O4S/c1-20(37)23-15-16-28(30(39)40)34(19-23)26-13-7-9-22(17-26)29(38)32-24-10-8-14-27(18-24)35-21(2)36(33-31(35)41-3)25-11-5-4-6-12-25/h4-14,17-19,28H,15-16H2,1-3H3,(H-,32,38,39,40)/p+1. The van der Waals surface area contributed by atoms with E-state index in [4.69, 9.17) is 5.10 Å². The van der Waals surface area contributed by atoms with Gasteiger partial charge in [0.25, 0.3) is 5.91 Å². The van der Waals surface area contributed by atoms with Crippen molar-refractivity contribution in [3.63, 3.8) is 0 Å². The van der Waals surface area contributed by atoms with Gasteiger partial charge in [-0.15, -0.1) is 0 Å². The van der Waals surface area contributed by atoms with Gasteiger partial charge in [-0.3, -0.25) is 9.59 Å². The summed E-state index contributed by atoms with van der Waals surface area (Å²) in [5.41, 5.74) is 3.85. The first kappa shape index (κ1) is 27.9. The predicted molar refractivity (Wildman–Crippen MR) is 158 cm³/mol. The van der Waals surface area contributed by atoms with Crippen LogP contribution in [0.3, 0.4) is 0 Å². The zero-order valence-corrected chi connectivity index (χ0v) is 23.8. The van der Waals surface area contributed by atoms with E-state index >= 15 is 0 Å². The first-order chi connectivity index (χ1) is 19.8. The molecule has 0 fully saturated rings. The summed E-state index contributed by atoms with van der Waals surface area (Å²) < 4.78 is 3.93. The first-order valence-corrected chi connectivity index (χ1v) is 14.3. The number of carboxylic acid groups (broad SMARTS) is 1. The van der Waals surface area contributed by atoms with Crippen molar-refractivity contribution in [1.82, 2.24) is 9.78 Å². The number of ketones is 1. The molecule has 41 heavy (non-hydrogen) atoms. The first-order valence-electron chi connectivity index (χ1n) is 13.1. The van der Waals surface area contributed by atoms with Crippen LogP contribution in [0, 0.1) is 6.92 Å². The fourth-order valence-electron chi connectivity index (χ4n) is 4.93. The zero-order chi connectivity index (χ0) is 29.1. The van der Waals surface area contributed by atoms with Gasteiger partial charge >= 0.3 is 11.1 Å². The fourth-order valence-corrected chi connectivity index (χ4v) is 5.51. The molecular weight excluding hydrogens is 538 g/mol. The van der Waals surface area contributed by atoms with E-state index in [0.717, 1.165) is 22.4 Å². The SMILES string of the molecule is CSc1nn(-c2ccccc2)c(C)[n+]1-c1cccc(NC(=O)c2cccc(N3C=C(C(C)=O)CCC3C(=O)O)c2)c1. The second kappa shape index (κ2) is 11.8. The van der Waals surface area contributed by atoms with E-state index in [0.29, 0.717) is 35.4 Å². The molecule has 208 valence electrons. The van der Waals surface area contributed by atoms with E-state index in [1.807, 2.05) is 77.0 Å². The number of rotatable bonds is 8. The normalized spacial score (nSPS) is 14.9. The van der Waals surface area contributed by atoms with Gasteiger partial charge in [0, 0.05) is 41.7 Å². The van der Waals surface area contributed by atoms with Crippen LogP contribution in [0.15, 0.2) is 95.8 Å². The van der Waals surface area contributed by atoms with Crippen molar-refractivity contribution in [2.75, 3.05) is 16.5 Å². The lowest BCUT2D eigenvalue weighted by Gasteiger charge is -2.32. The highest BCUT2D eigenvalue weighted by Gasteiger charge is 2.30. The molecule has 0 bridgehead atoms. The smallest absolute Gasteiger partial charge is 0.342 e. The van der Waals surface area contributed by atoms with Crippen LogP contribution in [0.25, 0.3) is 11.4 Å². The molecule has 0 saturated carbocycles. The van der Waals surface area contributed by atoms with Crippen molar-refractivity contribution in [2.45, 2.75) is 37.9 Å². The lowest BCUT2D eigenvalue weighted by atomic mass is 9.97. The van der Waals surface area contributed by atoms with Crippen molar-refractivity contribution >= 4 is 40.8 Å². The molecule has 5 rings (SSSR count). The topological polar surface area (TPSA) is 108 Å². The van der Waals surface area contributed by atoms with Crippen LogP contribution in [0.4, 0.5) is 11.4 Å². The summed E-state index contributed by atoms with van der Waals surface area (Å²) in [4.78, 5) is 38.8. The van der Waals surface area contributed by atoms with Crippen LogP contribution in [0.5, 0.6) is 0 Å². The number of carboxylic acids is 1. The van der Waals surface area contributed by atoms with Gasteiger partial charge in [-0.1, -0.05) is 46.8 Å². The quantitative estimate of drug-likeness (QED) is 0.229. The van der Waals surface area contributed by atoms with Gasteiger partial charge in [-0.25, -0.2) is 4.79 Å². The van der Waals surface area contributed by atoms with E-state index in [1.54, 1.807) is 35.4 Å². The molecule has 10 heteroatoms. The number of nitrogens with zero attached hydrogens (tertiary/aromatic N) is 4.